The smallest absolute Gasteiger partial charge is 0.222 e. The number of aliphatic hydroxyl groups is 1. The number of ether oxygens (including phenoxy) is 1. The zero-order valence-corrected chi connectivity index (χ0v) is 18.0. The molecule has 0 saturated carbocycles. The molecule has 3 rings (SSSR count). The number of nitrogens with one attached hydrogen (secondary N) is 1. The summed E-state index contributed by atoms with van der Waals surface area (Å²) >= 11 is 6.21. The van der Waals surface area contributed by atoms with Crippen LogP contribution in [0.2, 0.25) is 5.02 Å². The zero-order valence-electron chi connectivity index (χ0n) is 17.2. The highest BCUT2D eigenvalue weighted by Gasteiger charge is 2.32. The van der Waals surface area contributed by atoms with Gasteiger partial charge in [0, 0.05) is 30.7 Å². The number of carbonyl (C=O) groups is 1. The van der Waals surface area contributed by atoms with E-state index in [1.54, 1.807) is 6.20 Å². The number of amides is 1. The van der Waals surface area contributed by atoms with Crippen LogP contribution in [0.25, 0.3) is 0 Å². The summed E-state index contributed by atoms with van der Waals surface area (Å²) in [6, 6.07) is 3.79. The molecule has 1 aromatic carbocycles. The lowest BCUT2D eigenvalue weighted by Gasteiger charge is -2.27. The van der Waals surface area contributed by atoms with Crippen molar-refractivity contribution >= 4 is 17.5 Å². The van der Waals surface area contributed by atoms with E-state index in [-0.39, 0.29) is 12.5 Å². The molecule has 2 heterocycles. The molecule has 29 heavy (non-hydrogen) atoms. The molecule has 6 nitrogen and oxygen atoms in total. The van der Waals surface area contributed by atoms with E-state index >= 15 is 0 Å². The molecule has 1 fully saturated rings. The molecule has 1 saturated heterocycles. The average Bonchev–Trinajstić information content (AvgIpc) is 3.12. The fraction of sp³-hybridized carbons (Fsp3) is 0.545. The van der Waals surface area contributed by atoms with Gasteiger partial charge in [-0.2, -0.15) is 5.10 Å². The first-order valence-corrected chi connectivity index (χ1v) is 10.6. The molecule has 7 heteroatoms. The van der Waals surface area contributed by atoms with Crippen LogP contribution < -0.4 is 4.74 Å². The van der Waals surface area contributed by atoms with E-state index < -0.39 is 5.60 Å². The van der Waals surface area contributed by atoms with Crippen LogP contribution >= 0.6 is 11.6 Å². The van der Waals surface area contributed by atoms with Gasteiger partial charge in [-0.25, -0.2) is 0 Å². The summed E-state index contributed by atoms with van der Waals surface area (Å²) in [7, 11) is 0. The number of aryl methyl sites for hydroxylation is 3. The quantitative estimate of drug-likeness (QED) is 0.714. The third kappa shape index (κ3) is 5.97. The Bertz CT molecular complexity index is 802. The van der Waals surface area contributed by atoms with Gasteiger partial charge in [-0.15, -0.1) is 0 Å². The Balaban J connectivity index is 1.48. The zero-order chi connectivity index (χ0) is 20.9. The van der Waals surface area contributed by atoms with Crippen molar-refractivity contribution in [2.45, 2.75) is 58.0 Å². The van der Waals surface area contributed by atoms with Gasteiger partial charge in [0.15, 0.2) is 0 Å². The van der Waals surface area contributed by atoms with Crippen molar-refractivity contribution in [3.8, 4) is 5.75 Å². The van der Waals surface area contributed by atoms with Gasteiger partial charge in [0.05, 0.1) is 6.20 Å². The maximum atomic E-state index is 12.6. The number of hydrogen-bond donors (Lipinski definition) is 2. The van der Waals surface area contributed by atoms with E-state index in [9.17, 15) is 9.90 Å². The van der Waals surface area contributed by atoms with Crippen molar-refractivity contribution in [3.63, 3.8) is 0 Å². The minimum Gasteiger partial charge on any atom is -0.491 e. The van der Waals surface area contributed by atoms with Crippen LogP contribution in [0.5, 0.6) is 5.75 Å². The third-order valence-electron chi connectivity index (χ3n) is 5.60. The maximum absolute atomic E-state index is 12.6. The van der Waals surface area contributed by atoms with Crippen molar-refractivity contribution in [2.24, 2.45) is 0 Å². The molecule has 1 unspecified atom stereocenters. The lowest BCUT2D eigenvalue weighted by molar-refractivity contribution is -0.131. The Hall–Kier alpha value is -2.05. The van der Waals surface area contributed by atoms with Crippen LogP contribution in [-0.2, 0) is 11.2 Å². The predicted octanol–water partition coefficient (Wildman–Crippen LogP) is 3.83. The number of aromatic amines is 1. The molecule has 1 atom stereocenters. The standard InChI is InChI=1S/C22H30ClN3O3/c1-16-11-19(12-17(2)21(16)23)29-15-22(28)7-4-9-26(10-8-22)20(27)6-3-5-18-13-24-25-14-18/h11-14,28H,3-10,15H2,1-2H3,(H,24,25). The number of halogens is 1. The summed E-state index contributed by atoms with van der Waals surface area (Å²) in [6.45, 7) is 5.35. The second kappa shape index (κ2) is 9.63. The first kappa shape index (κ1) is 21.7. The van der Waals surface area contributed by atoms with Gasteiger partial charge in [-0.1, -0.05) is 11.6 Å². The summed E-state index contributed by atoms with van der Waals surface area (Å²) < 4.78 is 5.90. The molecule has 158 valence electrons. The second-order valence-corrected chi connectivity index (χ2v) is 8.46. The number of H-pyrrole nitrogens is 1. The van der Waals surface area contributed by atoms with Gasteiger partial charge in [0.25, 0.3) is 0 Å². The monoisotopic (exact) mass is 419 g/mol. The van der Waals surface area contributed by atoms with Crippen molar-refractivity contribution in [1.29, 1.82) is 0 Å². The number of benzene rings is 1. The number of hydrogen-bond acceptors (Lipinski definition) is 4. The molecule has 1 aliphatic rings. The van der Waals surface area contributed by atoms with Crippen LogP contribution in [-0.4, -0.2) is 51.4 Å². The molecule has 0 spiro atoms. The Morgan fingerprint density at radius 2 is 2.07 bits per heavy atom. The van der Waals surface area contributed by atoms with Gasteiger partial charge in [-0.05, 0) is 74.8 Å². The SMILES string of the molecule is Cc1cc(OCC2(O)CCCN(C(=O)CCCc3cn[nH]c3)CC2)cc(C)c1Cl. The first-order valence-electron chi connectivity index (χ1n) is 10.2. The van der Waals surface area contributed by atoms with Crippen molar-refractivity contribution in [3.05, 3.63) is 46.2 Å². The number of nitrogens with zero attached hydrogens (tertiary/aromatic N) is 2. The largest absolute Gasteiger partial charge is 0.491 e. The van der Waals surface area contributed by atoms with Crippen molar-refractivity contribution < 1.29 is 14.6 Å². The minimum atomic E-state index is -0.923. The number of carbonyl (C=O) groups excluding carboxylic acids is 1. The maximum Gasteiger partial charge on any atom is 0.222 e. The van der Waals surface area contributed by atoms with Gasteiger partial charge >= 0.3 is 0 Å². The topological polar surface area (TPSA) is 78.5 Å². The van der Waals surface area contributed by atoms with E-state index in [0.29, 0.717) is 38.1 Å². The molecular formula is C22H30ClN3O3. The fourth-order valence-electron chi connectivity index (χ4n) is 3.80. The molecule has 0 radical (unpaired) electrons. The molecule has 1 aromatic heterocycles. The second-order valence-electron chi connectivity index (χ2n) is 8.08. The highest BCUT2D eigenvalue weighted by atomic mass is 35.5. The third-order valence-corrected chi connectivity index (χ3v) is 6.19. The number of likely N-dealkylation sites (tertiary alicyclic amines) is 1. The molecule has 2 aromatic rings. The van der Waals surface area contributed by atoms with E-state index in [1.807, 2.05) is 37.1 Å². The van der Waals surface area contributed by atoms with E-state index in [4.69, 9.17) is 16.3 Å². The molecular weight excluding hydrogens is 390 g/mol. The highest BCUT2D eigenvalue weighted by molar-refractivity contribution is 6.32. The van der Waals surface area contributed by atoms with Gasteiger partial charge in [-0.3, -0.25) is 9.89 Å². The van der Waals surface area contributed by atoms with Gasteiger partial charge < -0.3 is 14.7 Å². The van der Waals surface area contributed by atoms with Crippen LogP contribution in [0.15, 0.2) is 24.5 Å². The molecule has 1 amide bonds. The van der Waals surface area contributed by atoms with Crippen LogP contribution in [0, 0.1) is 13.8 Å². The Kier molecular flexibility index (Phi) is 7.19. The Morgan fingerprint density at radius 3 is 2.76 bits per heavy atom. The summed E-state index contributed by atoms with van der Waals surface area (Å²) in [5.74, 6) is 0.872. The van der Waals surface area contributed by atoms with Crippen LogP contribution in [0.4, 0.5) is 0 Å². The highest BCUT2D eigenvalue weighted by Crippen LogP contribution is 2.28. The summed E-state index contributed by atoms with van der Waals surface area (Å²) in [5.41, 5.74) is 2.11. The van der Waals surface area contributed by atoms with E-state index in [1.165, 1.54) is 0 Å². The van der Waals surface area contributed by atoms with Crippen LogP contribution in [0.3, 0.4) is 0 Å². The molecule has 0 aliphatic carbocycles. The van der Waals surface area contributed by atoms with E-state index in [0.717, 1.165) is 41.0 Å². The first-order chi connectivity index (χ1) is 13.9. The minimum absolute atomic E-state index is 0.155. The summed E-state index contributed by atoms with van der Waals surface area (Å²) in [5, 5.41) is 18.5. The fourth-order valence-corrected chi connectivity index (χ4v) is 3.91. The molecule has 1 aliphatic heterocycles. The number of aromatic nitrogens is 2. The van der Waals surface area contributed by atoms with Crippen LogP contribution in [0.1, 0.15) is 48.8 Å². The van der Waals surface area contributed by atoms with Gasteiger partial charge in [0.1, 0.15) is 18.0 Å². The number of rotatable bonds is 7. The summed E-state index contributed by atoms with van der Waals surface area (Å²) in [4.78, 5) is 14.4. The Morgan fingerprint density at radius 1 is 1.31 bits per heavy atom. The predicted molar refractivity (Wildman–Crippen MR) is 113 cm³/mol. The Labute approximate surface area is 177 Å². The van der Waals surface area contributed by atoms with Gasteiger partial charge in [0.2, 0.25) is 5.91 Å². The lowest BCUT2D eigenvalue weighted by atomic mass is 9.96. The normalized spacial score (nSPS) is 19.8. The van der Waals surface area contributed by atoms with E-state index in [2.05, 4.69) is 10.2 Å². The molecule has 0 bridgehead atoms. The molecule has 2 N–H and O–H groups in total. The van der Waals surface area contributed by atoms with Crippen molar-refractivity contribution in [2.75, 3.05) is 19.7 Å². The summed E-state index contributed by atoms with van der Waals surface area (Å²) in [6.07, 6.45) is 7.73. The van der Waals surface area contributed by atoms with Crippen molar-refractivity contribution in [1.82, 2.24) is 15.1 Å². The average molecular weight is 420 g/mol. The lowest BCUT2D eigenvalue weighted by Crippen LogP contribution is -2.38.